The zero-order valence-corrected chi connectivity index (χ0v) is 23.9. The fourth-order valence-corrected chi connectivity index (χ4v) is 3.51. The van der Waals surface area contributed by atoms with Crippen molar-refractivity contribution >= 4 is 35.6 Å². The fraction of sp³-hybridized carbons (Fsp3) is 0.536. The quantitative estimate of drug-likeness (QED) is 0.241. The molecule has 0 heterocycles. The first-order valence-electron chi connectivity index (χ1n) is 12.6. The molecule has 1 rings (SSSR count). The van der Waals surface area contributed by atoms with Crippen molar-refractivity contribution < 1.29 is 29.1 Å². The standard InChI is InChI=1S/C25H36N4O6.C3H8/c1-17(22(34)28-19-11-9-18(15-31)10-12-19)27-20(32)14-26-23(35)24(2,3)16-25(4,5)29(6)21(33)8-7-13-30;1-3-2/h7-13,17,31H,14-16H2,1-6H3,(H,26,35)(H,27,32)(H,28,34);3H2,1-2H3/b8-7-;. The Morgan fingerprint density at radius 3 is 2.11 bits per heavy atom. The van der Waals surface area contributed by atoms with Crippen LogP contribution in [0.5, 0.6) is 0 Å². The van der Waals surface area contributed by atoms with Gasteiger partial charge in [-0.05, 0) is 51.0 Å². The van der Waals surface area contributed by atoms with E-state index in [1.54, 1.807) is 59.0 Å². The van der Waals surface area contributed by atoms with Crippen molar-refractivity contribution in [1.82, 2.24) is 15.5 Å². The molecule has 38 heavy (non-hydrogen) atoms. The highest BCUT2D eigenvalue weighted by molar-refractivity contribution is 5.97. The third-order valence-electron chi connectivity index (χ3n) is 5.63. The molecule has 1 aromatic rings. The predicted molar refractivity (Wildman–Crippen MR) is 148 cm³/mol. The van der Waals surface area contributed by atoms with Crippen LogP contribution in [0, 0.1) is 5.41 Å². The van der Waals surface area contributed by atoms with Crippen molar-refractivity contribution in [3.63, 3.8) is 0 Å². The highest BCUT2D eigenvalue weighted by atomic mass is 16.3. The summed E-state index contributed by atoms with van der Waals surface area (Å²) in [5, 5.41) is 16.9. The lowest BCUT2D eigenvalue weighted by Crippen LogP contribution is -2.51. The summed E-state index contributed by atoms with van der Waals surface area (Å²) in [7, 11) is 1.59. The minimum atomic E-state index is -0.920. The number of benzene rings is 1. The van der Waals surface area contributed by atoms with Gasteiger partial charge in [0, 0.05) is 29.8 Å². The van der Waals surface area contributed by atoms with Gasteiger partial charge in [-0.25, -0.2) is 0 Å². The topological polar surface area (TPSA) is 145 Å². The van der Waals surface area contributed by atoms with Crippen LogP contribution in [0.2, 0.25) is 0 Å². The van der Waals surface area contributed by atoms with Gasteiger partial charge in [0.05, 0.1) is 13.2 Å². The first-order valence-corrected chi connectivity index (χ1v) is 12.6. The highest BCUT2D eigenvalue weighted by Crippen LogP contribution is 2.31. The first kappa shape index (κ1) is 34.5. The number of allylic oxidation sites excluding steroid dienone is 1. The van der Waals surface area contributed by atoms with E-state index in [1.807, 2.05) is 0 Å². The molecule has 10 nitrogen and oxygen atoms in total. The summed E-state index contributed by atoms with van der Waals surface area (Å²) in [4.78, 5) is 61.5. The molecule has 0 saturated heterocycles. The van der Waals surface area contributed by atoms with E-state index in [1.165, 1.54) is 18.2 Å². The van der Waals surface area contributed by atoms with E-state index in [9.17, 15) is 24.0 Å². The number of likely N-dealkylation sites (N-methyl/N-ethyl adjacent to an activating group) is 1. The molecule has 0 bridgehead atoms. The lowest BCUT2D eigenvalue weighted by Gasteiger charge is -2.40. The molecule has 0 saturated carbocycles. The first-order chi connectivity index (χ1) is 17.6. The van der Waals surface area contributed by atoms with Crippen molar-refractivity contribution in [1.29, 1.82) is 0 Å². The van der Waals surface area contributed by atoms with Crippen molar-refractivity contribution in [2.24, 2.45) is 5.41 Å². The molecule has 0 spiro atoms. The number of carbonyl (C=O) groups is 5. The molecule has 0 aliphatic rings. The van der Waals surface area contributed by atoms with Crippen LogP contribution in [0.3, 0.4) is 0 Å². The monoisotopic (exact) mass is 532 g/mol. The third-order valence-corrected chi connectivity index (χ3v) is 5.63. The normalized spacial score (nSPS) is 12.0. The Labute approximate surface area is 226 Å². The van der Waals surface area contributed by atoms with Crippen LogP contribution in [0.25, 0.3) is 0 Å². The number of aldehydes is 1. The van der Waals surface area contributed by atoms with Gasteiger partial charge in [0.1, 0.15) is 12.3 Å². The molecule has 1 atom stereocenters. The molecule has 10 heteroatoms. The number of hydrogen-bond acceptors (Lipinski definition) is 6. The summed E-state index contributed by atoms with van der Waals surface area (Å²) >= 11 is 0. The van der Waals surface area contributed by atoms with Crippen LogP contribution < -0.4 is 16.0 Å². The molecule has 0 fully saturated rings. The summed E-state index contributed by atoms with van der Waals surface area (Å²) in [6.45, 7) is 12.4. The predicted octanol–water partition coefficient (Wildman–Crippen LogP) is 2.56. The SMILES string of the molecule is CC(NC(=O)CNC(=O)C(C)(C)CC(C)(C)N(C)C(=O)/C=C\C=O)C(=O)Nc1ccc(CO)cc1.CCC. The maximum atomic E-state index is 12.8. The second-order valence-corrected chi connectivity index (χ2v) is 10.3. The number of rotatable bonds is 12. The third kappa shape index (κ3) is 12.1. The van der Waals surface area contributed by atoms with Crippen molar-refractivity contribution in [3.05, 3.63) is 42.0 Å². The second kappa shape index (κ2) is 16.3. The summed E-state index contributed by atoms with van der Waals surface area (Å²) in [6.07, 6.45) is 4.33. The maximum Gasteiger partial charge on any atom is 0.246 e. The van der Waals surface area contributed by atoms with Crippen molar-refractivity contribution in [3.8, 4) is 0 Å². The minimum absolute atomic E-state index is 0.103. The number of amides is 4. The van der Waals surface area contributed by atoms with Gasteiger partial charge >= 0.3 is 0 Å². The summed E-state index contributed by atoms with van der Waals surface area (Å²) in [5.74, 6) is -1.71. The number of anilines is 1. The van der Waals surface area contributed by atoms with E-state index in [0.29, 0.717) is 24.0 Å². The Hall–Kier alpha value is -3.53. The molecule has 0 radical (unpaired) electrons. The van der Waals surface area contributed by atoms with Crippen LogP contribution >= 0.6 is 0 Å². The van der Waals surface area contributed by atoms with Crippen molar-refractivity contribution in [2.75, 3.05) is 18.9 Å². The van der Waals surface area contributed by atoms with E-state index in [0.717, 1.165) is 12.2 Å². The maximum absolute atomic E-state index is 12.8. The van der Waals surface area contributed by atoms with Gasteiger partial charge in [-0.3, -0.25) is 24.0 Å². The molecule has 1 aromatic carbocycles. The second-order valence-electron chi connectivity index (χ2n) is 10.3. The van der Waals surface area contributed by atoms with E-state index >= 15 is 0 Å². The molecule has 0 aliphatic carbocycles. The minimum Gasteiger partial charge on any atom is -0.392 e. The molecular formula is C28H44N4O6. The van der Waals surface area contributed by atoms with Gasteiger partial charge in [-0.15, -0.1) is 0 Å². The fourth-order valence-electron chi connectivity index (χ4n) is 3.51. The average molecular weight is 533 g/mol. The largest absolute Gasteiger partial charge is 0.392 e. The number of nitrogens with one attached hydrogen (secondary N) is 3. The lowest BCUT2D eigenvalue weighted by molar-refractivity contribution is -0.137. The number of hydrogen-bond donors (Lipinski definition) is 4. The summed E-state index contributed by atoms with van der Waals surface area (Å²) in [5.41, 5.74) is -0.401. The average Bonchev–Trinajstić information content (AvgIpc) is 2.85. The Bertz CT molecular complexity index is 970. The smallest absolute Gasteiger partial charge is 0.246 e. The summed E-state index contributed by atoms with van der Waals surface area (Å²) in [6, 6.07) is 5.79. The molecule has 1 unspecified atom stereocenters. The van der Waals surface area contributed by atoms with Crippen LogP contribution in [-0.2, 0) is 30.6 Å². The van der Waals surface area contributed by atoms with Crippen molar-refractivity contribution in [2.45, 2.75) is 79.5 Å². The molecule has 0 aliphatic heterocycles. The number of aliphatic hydroxyl groups excluding tert-OH is 1. The highest BCUT2D eigenvalue weighted by Gasteiger charge is 2.38. The van der Waals surface area contributed by atoms with Crippen LogP contribution in [0.4, 0.5) is 5.69 Å². The van der Waals surface area contributed by atoms with Crippen LogP contribution in [-0.4, -0.2) is 65.1 Å². The Kier molecular flexibility index (Phi) is 14.8. The molecule has 0 aromatic heterocycles. The molecular weight excluding hydrogens is 488 g/mol. The van der Waals surface area contributed by atoms with E-state index in [-0.39, 0.29) is 25.0 Å². The van der Waals surface area contributed by atoms with E-state index in [2.05, 4.69) is 29.8 Å². The zero-order chi connectivity index (χ0) is 29.5. The Morgan fingerprint density at radius 1 is 1.05 bits per heavy atom. The van der Waals surface area contributed by atoms with E-state index in [4.69, 9.17) is 5.11 Å². The zero-order valence-electron chi connectivity index (χ0n) is 23.9. The number of aliphatic hydroxyl groups is 1. The lowest BCUT2D eigenvalue weighted by atomic mass is 9.78. The van der Waals surface area contributed by atoms with Gasteiger partial charge in [-0.2, -0.15) is 0 Å². The molecule has 4 N–H and O–H groups in total. The van der Waals surface area contributed by atoms with Gasteiger partial charge in [0.2, 0.25) is 23.6 Å². The van der Waals surface area contributed by atoms with Gasteiger partial charge in [0.25, 0.3) is 0 Å². The molecule has 4 amide bonds. The number of carbonyl (C=O) groups excluding carboxylic acids is 5. The van der Waals surface area contributed by atoms with Gasteiger partial charge < -0.3 is 26.0 Å². The number of nitrogens with zero attached hydrogens (tertiary/aromatic N) is 1. The summed E-state index contributed by atoms with van der Waals surface area (Å²) < 4.78 is 0. The van der Waals surface area contributed by atoms with Crippen LogP contribution in [0.1, 0.15) is 66.9 Å². The molecule has 212 valence electrons. The Morgan fingerprint density at radius 2 is 1.61 bits per heavy atom. The van der Waals surface area contributed by atoms with E-state index < -0.39 is 28.8 Å². The van der Waals surface area contributed by atoms with Gasteiger partial charge in [0.15, 0.2) is 0 Å². The Balaban J connectivity index is 0.00000434. The van der Waals surface area contributed by atoms with Gasteiger partial charge in [-0.1, -0.05) is 46.2 Å². The van der Waals surface area contributed by atoms with Crippen LogP contribution in [0.15, 0.2) is 36.4 Å².